The molecule has 0 unspecified atom stereocenters. The number of hydrogen-bond acceptors (Lipinski definition) is 3. The summed E-state index contributed by atoms with van der Waals surface area (Å²) >= 11 is 0. The Morgan fingerprint density at radius 1 is 1.04 bits per heavy atom. The molecule has 0 heterocycles. The van der Waals surface area contributed by atoms with Gasteiger partial charge in [0, 0.05) is 38.3 Å². The van der Waals surface area contributed by atoms with Crippen molar-refractivity contribution in [2.45, 2.75) is 40.0 Å². The third kappa shape index (κ3) is 7.44. The molecular formula is C20H34N4O2. The Kier molecular flexibility index (Phi) is 10.4. The lowest BCUT2D eigenvalue weighted by Gasteiger charge is -2.29. The van der Waals surface area contributed by atoms with E-state index in [1.807, 2.05) is 25.1 Å². The second-order valence-corrected chi connectivity index (χ2v) is 6.42. The monoisotopic (exact) mass is 362 g/mol. The van der Waals surface area contributed by atoms with Crippen LogP contribution >= 0.6 is 0 Å². The third-order valence-electron chi connectivity index (χ3n) is 4.80. The van der Waals surface area contributed by atoms with Crippen LogP contribution in [-0.2, 0) is 0 Å². The van der Waals surface area contributed by atoms with E-state index >= 15 is 0 Å². The molecule has 6 heteroatoms. The molecule has 0 aliphatic carbocycles. The van der Waals surface area contributed by atoms with Crippen LogP contribution in [0.15, 0.2) is 35.3 Å². The zero-order valence-corrected chi connectivity index (χ0v) is 16.3. The van der Waals surface area contributed by atoms with Gasteiger partial charge in [-0.3, -0.25) is 9.79 Å². The molecule has 0 spiro atoms. The van der Waals surface area contributed by atoms with Crippen molar-refractivity contribution in [3.05, 3.63) is 35.9 Å². The fourth-order valence-corrected chi connectivity index (χ4v) is 2.78. The van der Waals surface area contributed by atoms with E-state index in [4.69, 9.17) is 4.99 Å². The van der Waals surface area contributed by atoms with Crippen LogP contribution in [-0.4, -0.2) is 49.8 Å². The summed E-state index contributed by atoms with van der Waals surface area (Å²) in [7, 11) is 0. The molecule has 6 nitrogen and oxygen atoms in total. The Morgan fingerprint density at radius 3 is 2.27 bits per heavy atom. The molecular weight excluding hydrogens is 328 g/mol. The fourth-order valence-electron chi connectivity index (χ4n) is 2.78. The van der Waals surface area contributed by atoms with E-state index in [1.165, 1.54) is 0 Å². The van der Waals surface area contributed by atoms with E-state index in [-0.39, 0.29) is 17.9 Å². The highest BCUT2D eigenvalue weighted by Crippen LogP contribution is 2.30. The van der Waals surface area contributed by atoms with Gasteiger partial charge in [0.2, 0.25) is 0 Å². The van der Waals surface area contributed by atoms with Crippen LogP contribution in [0.5, 0.6) is 0 Å². The molecule has 0 aliphatic heterocycles. The largest absolute Gasteiger partial charge is 0.396 e. The van der Waals surface area contributed by atoms with E-state index in [2.05, 4.69) is 29.8 Å². The summed E-state index contributed by atoms with van der Waals surface area (Å²) in [5, 5.41) is 18.7. The number of nitrogens with zero attached hydrogens (tertiary/aromatic N) is 1. The van der Waals surface area contributed by atoms with E-state index in [0.29, 0.717) is 25.2 Å². The van der Waals surface area contributed by atoms with Crippen LogP contribution in [0.3, 0.4) is 0 Å². The number of aliphatic hydroxyl groups excluding tert-OH is 1. The third-order valence-corrected chi connectivity index (χ3v) is 4.80. The molecule has 0 bridgehead atoms. The Morgan fingerprint density at radius 2 is 1.69 bits per heavy atom. The van der Waals surface area contributed by atoms with Gasteiger partial charge in [-0.15, -0.1) is 0 Å². The molecule has 0 fully saturated rings. The molecule has 0 radical (unpaired) electrons. The maximum absolute atomic E-state index is 12.0. The first-order valence-corrected chi connectivity index (χ1v) is 9.57. The summed E-state index contributed by atoms with van der Waals surface area (Å²) in [6.07, 6.45) is 2.73. The lowest BCUT2D eigenvalue weighted by molar-refractivity contribution is 0.0954. The number of aliphatic hydroxyl groups is 1. The zero-order chi connectivity index (χ0) is 19.3. The molecule has 1 aromatic rings. The number of amides is 1. The van der Waals surface area contributed by atoms with Crippen LogP contribution in [0.25, 0.3) is 0 Å². The van der Waals surface area contributed by atoms with Gasteiger partial charge in [0.1, 0.15) is 0 Å². The summed E-state index contributed by atoms with van der Waals surface area (Å²) in [5.41, 5.74) is 0.700. The van der Waals surface area contributed by atoms with Crippen molar-refractivity contribution in [3.8, 4) is 0 Å². The highest BCUT2D eigenvalue weighted by molar-refractivity contribution is 5.94. The summed E-state index contributed by atoms with van der Waals surface area (Å²) < 4.78 is 0. The van der Waals surface area contributed by atoms with Crippen molar-refractivity contribution in [1.29, 1.82) is 0 Å². The molecule has 0 aliphatic rings. The normalized spacial score (nSPS) is 11.9. The molecule has 1 rings (SSSR count). The predicted molar refractivity (Wildman–Crippen MR) is 107 cm³/mol. The van der Waals surface area contributed by atoms with Gasteiger partial charge in [0.05, 0.1) is 0 Å². The average Bonchev–Trinajstić information content (AvgIpc) is 2.68. The van der Waals surface area contributed by atoms with Crippen molar-refractivity contribution in [1.82, 2.24) is 16.0 Å². The first-order chi connectivity index (χ1) is 12.6. The average molecular weight is 363 g/mol. The van der Waals surface area contributed by atoms with Crippen molar-refractivity contribution in [2.75, 3.05) is 32.8 Å². The molecule has 0 atom stereocenters. The second-order valence-electron chi connectivity index (χ2n) is 6.42. The number of carbonyl (C=O) groups excluding carboxylic acids is 1. The van der Waals surface area contributed by atoms with Crippen LogP contribution in [0.1, 0.15) is 50.4 Å². The lowest BCUT2D eigenvalue weighted by Crippen LogP contribution is -2.42. The molecule has 4 N–H and O–H groups in total. The Labute approximate surface area is 157 Å². The van der Waals surface area contributed by atoms with Crippen LogP contribution in [0, 0.1) is 5.41 Å². The van der Waals surface area contributed by atoms with Gasteiger partial charge < -0.3 is 21.1 Å². The van der Waals surface area contributed by atoms with E-state index in [1.54, 1.807) is 12.1 Å². The van der Waals surface area contributed by atoms with Crippen LogP contribution in [0.4, 0.5) is 0 Å². The number of nitrogens with one attached hydrogen (secondary N) is 3. The van der Waals surface area contributed by atoms with Gasteiger partial charge in [0.25, 0.3) is 5.91 Å². The van der Waals surface area contributed by atoms with Gasteiger partial charge in [0.15, 0.2) is 5.96 Å². The van der Waals surface area contributed by atoms with Crippen molar-refractivity contribution < 1.29 is 9.90 Å². The van der Waals surface area contributed by atoms with Crippen molar-refractivity contribution in [2.24, 2.45) is 10.4 Å². The predicted octanol–water partition coefficient (Wildman–Crippen LogP) is 2.16. The quantitative estimate of drug-likeness (QED) is 0.276. The minimum atomic E-state index is -0.0757. The minimum Gasteiger partial charge on any atom is -0.396 e. The van der Waals surface area contributed by atoms with E-state index in [0.717, 1.165) is 31.8 Å². The number of aliphatic imine (C=N–C) groups is 1. The first-order valence-electron chi connectivity index (χ1n) is 9.57. The van der Waals surface area contributed by atoms with Crippen molar-refractivity contribution in [3.63, 3.8) is 0 Å². The highest BCUT2D eigenvalue weighted by Gasteiger charge is 2.25. The molecule has 0 saturated heterocycles. The Balaban J connectivity index is 2.50. The zero-order valence-electron chi connectivity index (χ0n) is 16.3. The lowest BCUT2D eigenvalue weighted by atomic mass is 9.79. The Bertz CT molecular complexity index is 542. The number of benzene rings is 1. The topological polar surface area (TPSA) is 85.8 Å². The van der Waals surface area contributed by atoms with Gasteiger partial charge in [-0.2, -0.15) is 0 Å². The van der Waals surface area contributed by atoms with Crippen molar-refractivity contribution >= 4 is 11.9 Å². The fraction of sp³-hybridized carbons (Fsp3) is 0.600. The molecule has 0 saturated carbocycles. The maximum atomic E-state index is 12.0. The van der Waals surface area contributed by atoms with Crippen LogP contribution < -0.4 is 16.0 Å². The molecule has 146 valence electrons. The molecule has 1 amide bonds. The van der Waals surface area contributed by atoms with Gasteiger partial charge >= 0.3 is 0 Å². The van der Waals surface area contributed by atoms with Gasteiger partial charge in [-0.1, -0.05) is 32.0 Å². The molecule has 1 aromatic carbocycles. The molecule has 0 aromatic heterocycles. The standard InChI is InChI=1S/C20H34N4O2/c1-4-20(5-2,12-15-25)16-24-19(21-6-3)23-14-13-22-18(26)17-10-8-7-9-11-17/h7-11,25H,4-6,12-16H2,1-3H3,(H,22,26)(H2,21,23,24). The minimum absolute atomic E-state index is 0.0403. The number of carbonyl (C=O) groups is 1. The second kappa shape index (κ2) is 12.3. The molecule has 26 heavy (non-hydrogen) atoms. The summed E-state index contributed by atoms with van der Waals surface area (Å²) in [5.74, 6) is 0.666. The van der Waals surface area contributed by atoms with Gasteiger partial charge in [-0.05, 0) is 43.7 Å². The number of hydrogen-bond donors (Lipinski definition) is 4. The highest BCUT2D eigenvalue weighted by atomic mass is 16.3. The van der Waals surface area contributed by atoms with E-state index in [9.17, 15) is 9.90 Å². The maximum Gasteiger partial charge on any atom is 0.251 e. The van der Waals surface area contributed by atoms with Gasteiger partial charge in [-0.25, -0.2) is 0 Å². The summed E-state index contributed by atoms with van der Waals surface area (Å²) in [6, 6.07) is 9.18. The Hall–Kier alpha value is -2.08. The van der Waals surface area contributed by atoms with E-state index < -0.39 is 0 Å². The number of guanidine groups is 1. The summed E-state index contributed by atoms with van der Waals surface area (Å²) in [4.78, 5) is 16.7. The smallest absolute Gasteiger partial charge is 0.251 e. The van der Waals surface area contributed by atoms with Crippen LogP contribution in [0.2, 0.25) is 0 Å². The summed E-state index contributed by atoms with van der Waals surface area (Å²) in [6.45, 7) is 9.06. The number of rotatable bonds is 11. The SMILES string of the molecule is CCNC(=NCC(CC)(CC)CCO)NCCNC(=O)c1ccccc1. The first kappa shape index (κ1) is 22.0.